The van der Waals surface area contributed by atoms with Crippen LogP contribution in [0.2, 0.25) is 0 Å². The van der Waals surface area contributed by atoms with Crippen molar-refractivity contribution in [3.8, 4) is 0 Å². The van der Waals surface area contributed by atoms with Gasteiger partial charge < -0.3 is 15.4 Å². The third-order valence-electron chi connectivity index (χ3n) is 2.39. The van der Waals surface area contributed by atoms with Gasteiger partial charge in [0.1, 0.15) is 0 Å². The van der Waals surface area contributed by atoms with Gasteiger partial charge >= 0.3 is 6.03 Å². The molecule has 1 fully saturated rings. The summed E-state index contributed by atoms with van der Waals surface area (Å²) in [5.41, 5.74) is -0.184. The normalized spacial score (nSPS) is 27.0. The van der Waals surface area contributed by atoms with Crippen LogP contribution in [-0.4, -0.2) is 31.3 Å². The van der Waals surface area contributed by atoms with E-state index < -0.39 is 0 Å². The van der Waals surface area contributed by atoms with E-state index in [1.165, 1.54) is 0 Å². The summed E-state index contributed by atoms with van der Waals surface area (Å²) in [6.07, 6.45) is 2.97. The SMILES string of the molecule is CCCNC(=O)NC1(C)CCCOC1. The molecule has 0 saturated carbocycles. The number of carbonyl (C=O) groups is 1. The smallest absolute Gasteiger partial charge is 0.315 e. The summed E-state index contributed by atoms with van der Waals surface area (Å²) in [5, 5.41) is 5.75. The van der Waals surface area contributed by atoms with Crippen molar-refractivity contribution in [2.75, 3.05) is 19.8 Å². The van der Waals surface area contributed by atoms with Crippen LogP contribution >= 0.6 is 0 Å². The number of urea groups is 1. The van der Waals surface area contributed by atoms with Crippen LogP contribution < -0.4 is 10.6 Å². The van der Waals surface area contributed by atoms with Crippen molar-refractivity contribution in [2.45, 2.75) is 38.6 Å². The van der Waals surface area contributed by atoms with Crippen molar-refractivity contribution < 1.29 is 9.53 Å². The summed E-state index contributed by atoms with van der Waals surface area (Å²) >= 11 is 0. The summed E-state index contributed by atoms with van der Waals surface area (Å²) < 4.78 is 5.35. The summed E-state index contributed by atoms with van der Waals surface area (Å²) in [6, 6.07) is -0.0835. The Morgan fingerprint density at radius 3 is 2.93 bits per heavy atom. The molecule has 4 heteroatoms. The lowest BCUT2D eigenvalue weighted by Gasteiger charge is -2.34. The molecule has 1 unspecified atom stereocenters. The summed E-state index contributed by atoms with van der Waals surface area (Å²) in [5.74, 6) is 0. The van der Waals surface area contributed by atoms with Gasteiger partial charge in [0.25, 0.3) is 0 Å². The molecule has 2 amide bonds. The maximum absolute atomic E-state index is 11.4. The number of carbonyl (C=O) groups excluding carboxylic acids is 1. The van der Waals surface area contributed by atoms with E-state index in [9.17, 15) is 4.79 Å². The van der Waals surface area contributed by atoms with Crippen LogP contribution in [0.4, 0.5) is 4.79 Å². The minimum absolute atomic E-state index is 0.0835. The van der Waals surface area contributed by atoms with Gasteiger partial charge in [-0.25, -0.2) is 4.79 Å². The van der Waals surface area contributed by atoms with Crippen LogP contribution in [0.5, 0.6) is 0 Å². The highest BCUT2D eigenvalue weighted by molar-refractivity contribution is 5.74. The fourth-order valence-corrected chi connectivity index (χ4v) is 1.59. The second kappa shape index (κ2) is 5.20. The van der Waals surface area contributed by atoms with Gasteiger partial charge in [-0.05, 0) is 26.2 Å². The largest absolute Gasteiger partial charge is 0.379 e. The highest BCUT2D eigenvalue weighted by Gasteiger charge is 2.28. The molecule has 0 spiro atoms. The van der Waals surface area contributed by atoms with Crippen molar-refractivity contribution in [3.63, 3.8) is 0 Å². The quantitative estimate of drug-likeness (QED) is 0.720. The number of nitrogens with one attached hydrogen (secondary N) is 2. The molecular formula is C10H20N2O2. The number of rotatable bonds is 3. The minimum atomic E-state index is -0.184. The predicted molar refractivity (Wildman–Crippen MR) is 55.3 cm³/mol. The molecule has 0 bridgehead atoms. The lowest BCUT2D eigenvalue weighted by atomic mass is 9.95. The van der Waals surface area contributed by atoms with Crippen LogP contribution in [0.15, 0.2) is 0 Å². The fourth-order valence-electron chi connectivity index (χ4n) is 1.59. The van der Waals surface area contributed by atoms with Crippen molar-refractivity contribution >= 4 is 6.03 Å². The molecule has 0 aromatic heterocycles. The molecule has 82 valence electrons. The monoisotopic (exact) mass is 200 g/mol. The first-order chi connectivity index (χ1) is 6.66. The van der Waals surface area contributed by atoms with Crippen molar-refractivity contribution in [1.29, 1.82) is 0 Å². The zero-order valence-electron chi connectivity index (χ0n) is 9.06. The van der Waals surface area contributed by atoms with Crippen LogP contribution in [-0.2, 0) is 4.74 Å². The number of amides is 2. The molecule has 0 aromatic rings. The maximum Gasteiger partial charge on any atom is 0.315 e. The second-order valence-corrected chi connectivity index (χ2v) is 4.10. The molecule has 0 aromatic carbocycles. The molecule has 1 heterocycles. The van der Waals surface area contributed by atoms with Crippen molar-refractivity contribution in [3.05, 3.63) is 0 Å². The summed E-state index contributed by atoms with van der Waals surface area (Å²) in [4.78, 5) is 11.4. The van der Waals surface area contributed by atoms with E-state index in [1.54, 1.807) is 0 Å². The van der Waals surface area contributed by atoms with Gasteiger partial charge in [-0.15, -0.1) is 0 Å². The van der Waals surface area contributed by atoms with E-state index in [1.807, 2.05) is 13.8 Å². The molecule has 1 atom stereocenters. The molecule has 4 nitrogen and oxygen atoms in total. The van der Waals surface area contributed by atoms with E-state index in [0.717, 1.165) is 32.4 Å². The Labute approximate surface area is 85.4 Å². The van der Waals surface area contributed by atoms with E-state index >= 15 is 0 Å². The molecule has 0 aliphatic carbocycles. The van der Waals surface area contributed by atoms with Gasteiger partial charge in [-0.1, -0.05) is 6.92 Å². The van der Waals surface area contributed by atoms with Crippen LogP contribution in [0.1, 0.15) is 33.1 Å². The summed E-state index contributed by atoms with van der Waals surface area (Å²) in [6.45, 7) is 6.21. The molecular weight excluding hydrogens is 180 g/mol. The Morgan fingerprint density at radius 1 is 1.57 bits per heavy atom. The topological polar surface area (TPSA) is 50.4 Å². The Hall–Kier alpha value is -0.770. The first-order valence-corrected chi connectivity index (χ1v) is 5.30. The summed E-state index contributed by atoms with van der Waals surface area (Å²) in [7, 11) is 0. The van der Waals surface area contributed by atoms with Gasteiger partial charge in [-0.3, -0.25) is 0 Å². The molecule has 1 aliphatic heterocycles. The third kappa shape index (κ3) is 3.54. The van der Waals surface area contributed by atoms with Gasteiger partial charge in [0.2, 0.25) is 0 Å². The molecule has 1 rings (SSSR count). The van der Waals surface area contributed by atoms with E-state index in [-0.39, 0.29) is 11.6 Å². The highest BCUT2D eigenvalue weighted by Crippen LogP contribution is 2.17. The van der Waals surface area contributed by atoms with Gasteiger partial charge in [0, 0.05) is 13.2 Å². The zero-order valence-corrected chi connectivity index (χ0v) is 9.06. The Bertz CT molecular complexity index is 189. The highest BCUT2D eigenvalue weighted by atomic mass is 16.5. The Kier molecular flexibility index (Phi) is 4.20. The molecule has 0 radical (unpaired) electrons. The predicted octanol–water partition coefficient (Wildman–Crippen LogP) is 1.26. The molecule has 14 heavy (non-hydrogen) atoms. The third-order valence-corrected chi connectivity index (χ3v) is 2.39. The number of ether oxygens (including phenoxy) is 1. The molecule has 2 N–H and O–H groups in total. The van der Waals surface area contributed by atoms with Crippen LogP contribution in [0, 0.1) is 0 Å². The van der Waals surface area contributed by atoms with Crippen molar-refractivity contribution in [1.82, 2.24) is 10.6 Å². The van der Waals surface area contributed by atoms with Gasteiger partial charge in [0.05, 0.1) is 12.1 Å². The van der Waals surface area contributed by atoms with Gasteiger partial charge in [0.15, 0.2) is 0 Å². The second-order valence-electron chi connectivity index (χ2n) is 4.10. The average Bonchev–Trinajstić information content (AvgIpc) is 2.15. The van der Waals surface area contributed by atoms with Gasteiger partial charge in [-0.2, -0.15) is 0 Å². The fraction of sp³-hybridized carbons (Fsp3) is 0.900. The van der Waals surface area contributed by atoms with E-state index in [4.69, 9.17) is 4.74 Å². The Balaban J connectivity index is 2.29. The lowest BCUT2D eigenvalue weighted by Crippen LogP contribution is -2.54. The van der Waals surface area contributed by atoms with Crippen LogP contribution in [0.3, 0.4) is 0 Å². The lowest BCUT2D eigenvalue weighted by molar-refractivity contribution is 0.0333. The standard InChI is InChI=1S/C10H20N2O2/c1-3-6-11-9(13)12-10(2)5-4-7-14-8-10/h3-8H2,1-2H3,(H2,11,12,13). The van der Waals surface area contributed by atoms with E-state index in [2.05, 4.69) is 10.6 Å². The zero-order chi connectivity index (χ0) is 10.4. The first-order valence-electron chi connectivity index (χ1n) is 5.30. The average molecular weight is 200 g/mol. The minimum Gasteiger partial charge on any atom is -0.379 e. The first kappa shape index (κ1) is 11.3. The maximum atomic E-state index is 11.4. The van der Waals surface area contributed by atoms with E-state index in [0.29, 0.717) is 6.61 Å². The number of hydrogen-bond donors (Lipinski definition) is 2. The molecule has 1 saturated heterocycles. The Morgan fingerprint density at radius 2 is 2.36 bits per heavy atom. The molecule has 1 aliphatic rings. The van der Waals surface area contributed by atoms with Crippen LogP contribution in [0.25, 0.3) is 0 Å². The number of hydrogen-bond acceptors (Lipinski definition) is 2. The van der Waals surface area contributed by atoms with Crippen molar-refractivity contribution in [2.24, 2.45) is 0 Å².